The molecule has 3 heteroatoms. The van der Waals surface area contributed by atoms with Crippen molar-refractivity contribution in [2.75, 3.05) is 13.7 Å². The summed E-state index contributed by atoms with van der Waals surface area (Å²) in [5.74, 6) is 1.65. The van der Waals surface area contributed by atoms with Gasteiger partial charge in [-0.1, -0.05) is 45.0 Å². The van der Waals surface area contributed by atoms with Gasteiger partial charge in [-0.3, -0.25) is 0 Å². The van der Waals surface area contributed by atoms with E-state index in [1.165, 1.54) is 16.0 Å². The molecule has 0 amide bonds. The lowest BCUT2D eigenvalue weighted by molar-refractivity contribution is 0.408. The van der Waals surface area contributed by atoms with Gasteiger partial charge in [-0.25, -0.2) is 0 Å². The summed E-state index contributed by atoms with van der Waals surface area (Å²) >= 11 is 1.75. The van der Waals surface area contributed by atoms with Gasteiger partial charge in [0.1, 0.15) is 5.75 Å². The Bertz CT molecular complexity index is 562. The van der Waals surface area contributed by atoms with Crippen LogP contribution in [0.25, 0.3) is 0 Å². The molecule has 0 radical (unpaired) electrons. The Balaban J connectivity index is 2.34. The van der Waals surface area contributed by atoms with Gasteiger partial charge in [-0.05, 0) is 41.5 Å². The molecule has 1 unspecified atom stereocenters. The normalized spacial score (nSPS) is 12.6. The SMILES string of the molecule is CCNC(c1cccc(CC(C)C)c1)c1sccc1OC. The molecular weight excluding hydrogens is 278 g/mol. The molecule has 0 saturated carbocycles. The molecule has 0 saturated heterocycles. The van der Waals surface area contributed by atoms with Gasteiger partial charge in [-0.15, -0.1) is 11.3 Å². The lowest BCUT2D eigenvalue weighted by Gasteiger charge is -2.19. The second kappa shape index (κ2) is 7.62. The first-order chi connectivity index (χ1) is 10.2. The Morgan fingerprint density at radius 1 is 1.24 bits per heavy atom. The first-order valence-corrected chi connectivity index (χ1v) is 8.47. The number of ether oxygens (including phenoxy) is 1. The molecule has 0 aliphatic rings. The van der Waals surface area contributed by atoms with E-state index < -0.39 is 0 Å². The number of hydrogen-bond donors (Lipinski definition) is 1. The summed E-state index contributed by atoms with van der Waals surface area (Å²) in [5.41, 5.74) is 2.72. The van der Waals surface area contributed by atoms with Gasteiger partial charge in [0.25, 0.3) is 0 Å². The van der Waals surface area contributed by atoms with E-state index in [-0.39, 0.29) is 6.04 Å². The Morgan fingerprint density at radius 2 is 2.05 bits per heavy atom. The third-order valence-electron chi connectivity index (χ3n) is 3.48. The van der Waals surface area contributed by atoms with Gasteiger partial charge < -0.3 is 10.1 Å². The summed E-state index contributed by atoms with van der Waals surface area (Å²) in [5, 5.41) is 5.68. The molecule has 1 heterocycles. The van der Waals surface area contributed by atoms with Crippen LogP contribution < -0.4 is 10.1 Å². The molecule has 0 aliphatic carbocycles. The van der Waals surface area contributed by atoms with Gasteiger partial charge >= 0.3 is 0 Å². The highest BCUT2D eigenvalue weighted by atomic mass is 32.1. The fourth-order valence-corrected chi connectivity index (χ4v) is 3.59. The molecule has 1 aromatic carbocycles. The molecule has 21 heavy (non-hydrogen) atoms. The van der Waals surface area contributed by atoms with Crippen LogP contribution in [0.2, 0.25) is 0 Å². The maximum atomic E-state index is 5.50. The van der Waals surface area contributed by atoms with Crippen LogP contribution in [0.4, 0.5) is 0 Å². The van der Waals surface area contributed by atoms with Crippen LogP contribution in [0.15, 0.2) is 35.7 Å². The van der Waals surface area contributed by atoms with Crippen molar-refractivity contribution in [2.45, 2.75) is 33.2 Å². The molecule has 0 aliphatic heterocycles. The number of thiophene rings is 1. The maximum absolute atomic E-state index is 5.50. The van der Waals surface area contributed by atoms with E-state index in [1.807, 2.05) is 6.07 Å². The summed E-state index contributed by atoms with van der Waals surface area (Å²) in [6, 6.07) is 11.2. The number of methoxy groups -OCH3 is 1. The van der Waals surface area contributed by atoms with Gasteiger partial charge in [0.2, 0.25) is 0 Å². The molecule has 1 atom stereocenters. The van der Waals surface area contributed by atoms with E-state index in [4.69, 9.17) is 4.74 Å². The zero-order valence-corrected chi connectivity index (χ0v) is 14.2. The molecule has 1 N–H and O–H groups in total. The van der Waals surface area contributed by atoms with E-state index in [9.17, 15) is 0 Å². The predicted molar refractivity (Wildman–Crippen MR) is 91.4 cm³/mol. The fourth-order valence-electron chi connectivity index (χ4n) is 2.63. The molecule has 1 aromatic heterocycles. The van der Waals surface area contributed by atoms with Crippen LogP contribution in [0.5, 0.6) is 5.75 Å². The molecule has 2 aromatic rings. The van der Waals surface area contributed by atoms with Crippen molar-refractivity contribution in [2.24, 2.45) is 5.92 Å². The number of nitrogens with one attached hydrogen (secondary N) is 1. The van der Waals surface area contributed by atoms with Crippen molar-refractivity contribution < 1.29 is 4.74 Å². The van der Waals surface area contributed by atoms with Gasteiger partial charge in [-0.2, -0.15) is 0 Å². The molecule has 0 spiro atoms. The molecule has 0 bridgehead atoms. The van der Waals surface area contributed by atoms with E-state index >= 15 is 0 Å². The fraction of sp³-hybridized carbons (Fsp3) is 0.444. The molecule has 2 nitrogen and oxygen atoms in total. The minimum atomic E-state index is 0.206. The van der Waals surface area contributed by atoms with Crippen LogP contribution in [-0.2, 0) is 6.42 Å². The number of rotatable bonds is 7. The van der Waals surface area contributed by atoms with E-state index in [0.29, 0.717) is 5.92 Å². The van der Waals surface area contributed by atoms with Crippen LogP contribution in [-0.4, -0.2) is 13.7 Å². The smallest absolute Gasteiger partial charge is 0.134 e. The van der Waals surface area contributed by atoms with Crippen molar-refractivity contribution in [3.05, 3.63) is 51.7 Å². The van der Waals surface area contributed by atoms with Crippen LogP contribution in [0.3, 0.4) is 0 Å². The zero-order chi connectivity index (χ0) is 15.2. The average Bonchev–Trinajstić information content (AvgIpc) is 2.92. The van der Waals surface area contributed by atoms with E-state index in [0.717, 1.165) is 18.7 Å². The molecule has 0 fully saturated rings. The van der Waals surface area contributed by atoms with Crippen LogP contribution >= 0.6 is 11.3 Å². The second-order valence-electron chi connectivity index (χ2n) is 5.69. The highest BCUT2D eigenvalue weighted by Crippen LogP contribution is 2.35. The Kier molecular flexibility index (Phi) is 5.83. The molecule has 2 rings (SSSR count). The van der Waals surface area contributed by atoms with Crippen molar-refractivity contribution >= 4 is 11.3 Å². The van der Waals surface area contributed by atoms with Crippen molar-refractivity contribution in [1.29, 1.82) is 0 Å². The van der Waals surface area contributed by atoms with Crippen molar-refractivity contribution in [1.82, 2.24) is 5.32 Å². The highest BCUT2D eigenvalue weighted by Gasteiger charge is 2.19. The summed E-state index contributed by atoms with van der Waals surface area (Å²) in [6.07, 6.45) is 1.12. The standard InChI is InChI=1S/C18H25NOS/c1-5-19-17(18-16(20-4)9-10-21-18)15-8-6-7-14(12-15)11-13(2)3/h6-10,12-13,17,19H,5,11H2,1-4H3. The van der Waals surface area contributed by atoms with Crippen molar-refractivity contribution in [3.8, 4) is 5.75 Å². The van der Waals surface area contributed by atoms with Gasteiger partial charge in [0, 0.05) is 0 Å². The molecular formula is C18H25NOS. The molecule has 114 valence electrons. The van der Waals surface area contributed by atoms with Crippen LogP contribution in [0.1, 0.15) is 42.8 Å². The third kappa shape index (κ3) is 4.08. The number of benzene rings is 1. The predicted octanol–water partition coefficient (Wildman–Crippen LogP) is 4.65. The Hall–Kier alpha value is -1.32. The Morgan fingerprint density at radius 3 is 2.71 bits per heavy atom. The van der Waals surface area contributed by atoms with Gasteiger partial charge in [0.15, 0.2) is 0 Å². The summed E-state index contributed by atoms with van der Waals surface area (Å²) < 4.78 is 5.50. The van der Waals surface area contributed by atoms with E-state index in [1.54, 1.807) is 18.4 Å². The lowest BCUT2D eigenvalue weighted by Crippen LogP contribution is -2.21. The van der Waals surface area contributed by atoms with Crippen molar-refractivity contribution in [3.63, 3.8) is 0 Å². The lowest BCUT2D eigenvalue weighted by atomic mass is 9.97. The highest BCUT2D eigenvalue weighted by molar-refractivity contribution is 7.10. The minimum Gasteiger partial charge on any atom is -0.496 e. The largest absolute Gasteiger partial charge is 0.496 e. The second-order valence-corrected chi connectivity index (χ2v) is 6.63. The monoisotopic (exact) mass is 303 g/mol. The topological polar surface area (TPSA) is 21.3 Å². The maximum Gasteiger partial charge on any atom is 0.134 e. The quantitative estimate of drug-likeness (QED) is 0.803. The summed E-state index contributed by atoms with van der Waals surface area (Å²) in [4.78, 5) is 1.25. The van der Waals surface area contributed by atoms with Crippen LogP contribution in [0, 0.1) is 5.92 Å². The zero-order valence-electron chi connectivity index (χ0n) is 13.3. The third-order valence-corrected chi connectivity index (χ3v) is 4.44. The first kappa shape index (κ1) is 16.1. The minimum absolute atomic E-state index is 0.206. The Labute approximate surface area is 132 Å². The average molecular weight is 303 g/mol. The number of hydrogen-bond acceptors (Lipinski definition) is 3. The van der Waals surface area contributed by atoms with E-state index in [2.05, 4.69) is 55.7 Å². The first-order valence-electron chi connectivity index (χ1n) is 7.59. The summed E-state index contributed by atoms with van der Waals surface area (Å²) in [6.45, 7) is 7.60. The summed E-state index contributed by atoms with van der Waals surface area (Å²) in [7, 11) is 1.74. The van der Waals surface area contributed by atoms with Gasteiger partial charge in [0.05, 0.1) is 18.0 Å².